The van der Waals surface area contributed by atoms with Crippen molar-refractivity contribution >= 4 is 11.7 Å². The van der Waals surface area contributed by atoms with Gasteiger partial charge in [-0.2, -0.15) is 0 Å². The summed E-state index contributed by atoms with van der Waals surface area (Å²) < 4.78 is 10.5. The molecule has 2 aromatic rings. The number of hydrogen-bond donors (Lipinski definition) is 2. The van der Waals surface area contributed by atoms with Gasteiger partial charge in [0.05, 0.1) is 19.8 Å². The van der Waals surface area contributed by atoms with Crippen LogP contribution in [0, 0.1) is 5.92 Å². The molecule has 2 N–H and O–H groups in total. The molecule has 3 rings (SSSR count). The molecule has 1 saturated carbocycles. The Balaban J connectivity index is 1.54. The number of nitrogens with zero attached hydrogens (tertiary/aromatic N) is 1. The highest BCUT2D eigenvalue weighted by Crippen LogP contribution is 2.29. The third kappa shape index (κ3) is 4.62. The minimum Gasteiger partial charge on any atom is -0.493 e. The molecular weight excluding hydrogens is 318 g/mol. The van der Waals surface area contributed by atoms with E-state index in [4.69, 9.17) is 9.47 Å². The van der Waals surface area contributed by atoms with E-state index >= 15 is 0 Å². The zero-order valence-corrected chi connectivity index (χ0v) is 14.5. The van der Waals surface area contributed by atoms with Crippen molar-refractivity contribution in [1.82, 2.24) is 10.3 Å². The molecule has 6 heteroatoms. The molecule has 0 spiro atoms. The summed E-state index contributed by atoms with van der Waals surface area (Å²) >= 11 is 0. The van der Waals surface area contributed by atoms with Crippen molar-refractivity contribution in [3.8, 4) is 11.5 Å². The lowest BCUT2D eigenvalue weighted by atomic mass is 10.2. The smallest absolute Gasteiger partial charge is 0.253 e. The summed E-state index contributed by atoms with van der Waals surface area (Å²) in [5, 5.41) is 6.17. The van der Waals surface area contributed by atoms with Gasteiger partial charge in [0.25, 0.3) is 5.91 Å². The van der Waals surface area contributed by atoms with Gasteiger partial charge in [0.2, 0.25) is 0 Å². The van der Waals surface area contributed by atoms with Gasteiger partial charge < -0.3 is 20.1 Å². The lowest BCUT2D eigenvalue weighted by Gasteiger charge is -2.10. The summed E-state index contributed by atoms with van der Waals surface area (Å²) in [6.07, 6.45) is 4.19. The van der Waals surface area contributed by atoms with Crippen LogP contribution in [0.15, 0.2) is 36.5 Å². The van der Waals surface area contributed by atoms with E-state index in [1.54, 1.807) is 26.5 Å². The first kappa shape index (κ1) is 17.1. The number of rotatable bonds is 8. The fourth-order valence-corrected chi connectivity index (χ4v) is 2.48. The van der Waals surface area contributed by atoms with Gasteiger partial charge in [-0.25, -0.2) is 4.98 Å². The zero-order valence-electron chi connectivity index (χ0n) is 14.5. The van der Waals surface area contributed by atoms with Crippen molar-refractivity contribution in [2.45, 2.75) is 19.4 Å². The van der Waals surface area contributed by atoms with E-state index in [0.717, 1.165) is 23.8 Å². The number of pyridine rings is 1. The van der Waals surface area contributed by atoms with Gasteiger partial charge in [0.15, 0.2) is 11.5 Å². The Bertz CT molecular complexity index is 727. The molecule has 1 aliphatic carbocycles. The summed E-state index contributed by atoms with van der Waals surface area (Å²) in [7, 11) is 3.18. The van der Waals surface area contributed by atoms with Crippen molar-refractivity contribution in [2.75, 3.05) is 26.1 Å². The molecule has 1 amide bonds. The number of amides is 1. The highest BCUT2D eigenvalue weighted by atomic mass is 16.5. The molecule has 0 unspecified atom stereocenters. The molecule has 132 valence electrons. The first-order valence-electron chi connectivity index (χ1n) is 8.38. The normalized spacial score (nSPS) is 13.2. The first-order chi connectivity index (χ1) is 12.2. The molecule has 0 radical (unpaired) electrons. The van der Waals surface area contributed by atoms with Crippen LogP contribution in [0.25, 0.3) is 0 Å². The van der Waals surface area contributed by atoms with Gasteiger partial charge >= 0.3 is 0 Å². The summed E-state index contributed by atoms with van der Waals surface area (Å²) in [5.74, 6) is 2.74. The van der Waals surface area contributed by atoms with E-state index in [2.05, 4.69) is 15.6 Å². The highest BCUT2D eigenvalue weighted by molar-refractivity contribution is 5.94. The van der Waals surface area contributed by atoms with Crippen molar-refractivity contribution < 1.29 is 14.3 Å². The Morgan fingerprint density at radius 3 is 2.60 bits per heavy atom. The number of nitrogens with one attached hydrogen (secondary N) is 2. The van der Waals surface area contributed by atoms with Crippen LogP contribution in [0.4, 0.5) is 5.82 Å². The average molecular weight is 341 g/mol. The monoisotopic (exact) mass is 341 g/mol. The second-order valence-electron chi connectivity index (χ2n) is 6.13. The summed E-state index contributed by atoms with van der Waals surface area (Å²) in [4.78, 5) is 16.6. The van der Waals surface area contributed by atoms with Crippen LogP contribution in [0.3, 0.4) is 0 Å². The van der Waals surface area contributed by atoms with Crippen LogP contribution in [-0.4, -0.2) is 31.7 Å². The number of aromatic nitrogens is 1. The molecular formula is C19H23N3O3. The number of benzene rings is 1. The predicted octanol–water partition coefficient (Wildman–Crippen LogP) is 2.85. The fraction of sp³-hybridized carbons (Fsp3) is 0.368. The third-order valence-corrected chi connectivity index (χ3v) is 4.20. The second-order valence-corrected chi connectivity index (χ2v) is 6.13. The molecule has 1 heterocycles. The molecule has 25 heavy (non-hydrogen) atoms. The molecule has 0 aliphatic heterocycles. The van der Waals surface area contributed by atoms with E-state index < -0.39 is 0 Å². The summed E-state index contributed by atoms with van der Waals surface area (Å²) in [6.45, 7) is 1.36. The van der Waals surface area contributed by atoms with Crippen LogP contribution in [0.1, 0.15) is 28.8 Å². The first-order valence-corrected chi connectivity index (χ1v) is 8.38. The van der Waals surface area contributed by atoms with E-state index in [-0.39, 0.29) is 5.91 Å². The number of methoxy groups -OCH3 is 2. The van der Waals surface area contributed by atoms with Crippen LogP contribution in [-0.2, 0) is 6.54 Å². The number of carbonyl (C=O) groups is 1. The van der Waals surface area contributed by atoms with E-state index in [1.165, 1.54) is 12.8 Å². The largest absolute Gasteiger partial charge is 0.493 e. The standard InChI is InChI=1S/C19H23N3O3/c1-24-16-7-5-14(9-17(16)25-2)11-22-19(23)15-6-8-18(21-12-15)20-10-13-3-4-13/h5-9,12-13H,3-4,10-11H2,1-2H3,(H,20,21)(H,22,23). The van der Waals surface area contributed by atoms with E-state index in [1.807, 2.05) is 24.3 Å². The van der Waals surface area contributed by atoms with Crippen LogP contribution in [0.5, 0.6) is 11.5 Å². The van der Waals surface area contributed by atoms with Gasteiger partial charge in [0, 0.05) is 19.3 Å². The van der Waals surface area contributed by atoms with Crippen molar-refractivity contribution in [1.29, 1.82) is 0 Å². The summed E-state index contributed by atoms with van der Waals surface area (Å²) in [6, 6.07) is 9.19. The van der Waals surface area contributed by atoms with Crippen molar-refractivity contribution in [3.63, 3.8) is 0 Å². The zero-order chi connectivity index (χ0) is 17.6. The quantitative estimate of drug-likeness (QED) is 0.772. The molecule has 1 aliphatic rings. The van der Waals surface area contributed by atoms with Crippen molar-refractivity contribution in [2.24, 2.45) is 5.92 Å². The maximum atomic E-state index is 12.3. The lowest BCUT2D eigenvalue weighted by molar-refractivity contribution is 0.0950. The van der Waals surface area contributed by atoms with Gasteiger partial charge in [0.1, 0.15) is 5.82 Å². The number of ether oxygens (including phenoxy) is 2. The molecule has 1 aromatic carbocycles. The van der Waals surface area contributed by atoms with Crippen LogP contribution in [0.2, 0.25) is 0 Å². The fourth-order valence-electron chi connectivity index (χ4n) is 2.48. The predicted molar refractivity (Wildman–Crippen MR) is 96.2 cm³/mol. The SMILES string of the molecule is COc1ccc(CNC(=O)c2ccc(NCC3CC3)nc2)cc1OC. The maximum Gasteiger partial charge on any atom is 0.253 e. The Morgan fingerprint density at radius 2 is 1.96 bits per heavy atom. The van der Waals surface area contributed by atoms with Gasteiger partial charge in [-0.05, 0) is 48.6 Å². The number of carbonyl (C=O) groups excluding carboxylic acids is 1. The topological polar surface area (TPSA) is 72.5 Å². The third-order valence-electron chi connectivity index (χ3n) is 4.20. The number of hydrogen-bond acceptors (Lipinski definition) is 5. The Kier molecular flexibility index (Phi) is 5.38. The van der Waals surface area contributed by atoms with Crippen LogP contribution >= 0.6 is 0 Å². The highest BCUT2D eigenvalue weighted by Gasteiger charge is 2.20. The minimum absolute atomic E-state index is 0.156. The molecule has 0 atom stereocenters. The second kappa shape index (κ2) is 7.88. The Labute approximate surface area is 147 Å². The molecule has 0 bridgehead atoms. The maximum absolute atomic E-state index is 12.3. The van der Waals surface area contributed by atoms with Crippen molar-refractivity contribution in [3.05, 3.63) is 47.7 Å². The van der Waals surface area contributed by atoms with Gasteiger partial charge in [-0.1, -0.05) is 6.07 Å². The van der Waals surface area contributed by atoms with E-state index in [0.29, 0.717) is 23.6 Å². The Hall–Kier alpha value is -2.76. The lowest BCUT2D eigenvalue weighted by Crippen LogP contribution is -2.23. The van der Waals surface area contributed by atoms with E-state index in [9.17, 15) is 4.79 Å². The molecule has 6 nitrogen and oxygen atoms in total. The molecule has 0 saturated heterocycles. The van der Waals surface area contributed by atoms with Crippen LogP contribution < -0.4 is 20.1 Å². The number of anilines is 1. The minimum atomic E-state index is -0.156. The van der Waals surface area contributed by atoms with Gasteiger partial charge in [-0.15, -0.1) is 0 Å². The molecule has 1 aromatic heterocycles. The summed E-state index contributed by atoms with van der Waals surface area (Å²) in [5.41, 5.74) is 1.47. The Morgan fingerprint density at radius 1 is 1.16 bits per heavy atom. The average Bonchev–Trinajstić information content (AvgIpc) is 3.49. The van der Waals surface area contributed by atoms with Gasteiger partial charge in [-0.3, -0.25) is 4.79 Å². The molecule has 1 fully saturated rings.